The van der Waals surface area contributed by atoms with Gasteiger partial charge in [-0.15, -0.1) is 0 Å². The van der Waals surface area contributed by atoms with Gasteiger partial charge in [-0.05, 0) is 37.3 Å². The van der Waals surface area contributed by atoms with Gasteiger partial charge in [-0.25, -0.2) is 0 Å². The molecule has 1 aromatic rings. The summed E-state index contributed by atoms with van der Waals surface area (Å²) in [4.78, 5) is 4.10. The van der Waals surface area contributed by atoms with Crippen LogP contribution < -0.4 is 5.73 Å². The smallest absolute Gasteiger partial charge is 0.0299 e. The fourth-order valence-corrected chi connectivity index (χ4v) is 1.86. The van der Waals surface area contributed by atoms with Crippen LogP contribution in [-0.4, -0.2) is 10.5 Å². The van der Waals surface area contributed by atoms with Crippen molar-refractivity contribution in [3.8, 4) is 0 Å². The second-order valence-electron chi connectivity index (χ2n) is 4.10. The molecule has 0 saturated carbocycles. The van der Waals surface area contributed by atoms with Gasteiger partial charge in [-0.1, -0.05) is 18.2 Å². The van der Waals surface area contributed by atoms with Crippen molar-refractivity contribution in [3.63, 3.8) is 0 Å². The average molecular weight is 188 g/mol. The van der Waals surface area contributed by atoms with Crippen LogP contribution in [0.25, 0.3) is 0 Å². The molecule has 1 aliphatic rings. The molecule has 1 aliphatic carbocycles. The van der Waals surface area contributed by atoms with Crippen LogP contribution in [0.4, 0.5) is 0 Å². The van der Waals surface area contributed by atoms with Crippen LogP contribution >= 0.6 is 0 Å². The van der Waals surface area contributed by atoms with Crippen LogP contribution in [0.2, 0.25) is 0 Å². The van der Waals surface area contributed by atoms with E-state index in [4.69, 9.17) is 5.73 Å². The largest absolute Gasteiger partial charge is 0.325 e. The third kappa shape index (κ3) is 2.20. The summed E-state index contributed by atoms with van der Waals surface area (Å²) in [5.41, 5.74) is 7.52. The molecule has 2 N–H and O–H groups in total. The van der Waals surface area contributed by atoms with Gasteiger partial charge in [0.05, 0.1) is 0 Å². The van der Waals surface area contributed by atoms with Crippen molar-refractivity contribution < 1.29 is 0 Å². The highest BCUT2D eigenvalue weighted by Gasteiger charge is 2.24. The monoisotopic (exact) mass is 188 g/mol. The first-order valence-electron chi connectivity index (χ1n) is 5.11. The summed E-state index contributed by atoms with van der Waals surface area (Å²) in [6, 6.07) is 4.09. The Balaban J connectivity index is 1.89. The van der Waals surface area contributed by atoms with Crippen molar-refractivity contribution in [2.75, 3.05) is 0 Å². The number of rotatable bonds is 3. The molecule has 2 rings (SSSR count). The number of aromatic nitrogens is 1. The average Bonchev–Trinajstić information content (AvgIpc) is 2.65. The third-order valence-electron chi connectivity index (χ3n) is 2.85. The first-order valence-corrected chi connectivity index (χ1v) is 5.11. The van der Waals surface area contributed by atoms with Crippen molar-refractivity contribution in [3.05, 3.63) is 42.2 Å². The van der Waals surface area contributed by atoms with Crippen molar-refractivity contribution in [1.82, 2.24) is 4.98 Å². The van der Waals surface area contributed by atoms with Crippen molar-refractivity contribution >= 4 is 0 Å². The molecule has 0 spiro atoms. The molecule has 0 saturated heterocycles. The van der Waals surface area contributed by atoms with Crippen LogP contribution in [0.3, 0.4) is 0 Å². The molecule has 0 unspecified atom stereocenters. The minimum atomic E-state index is 0.00976. The topological polar surface area (TPSA) is 38.9 Å². The van der Waals surface area contributed by atoms with Crippen molar-refractivity contribution in [2.24, 2.45) is 5.73 Å². The van der Waals surface area contributed by atoms with Crippen LogP contribution in [0.1, 0.15) is 24.8 Å². The van der Waals surface area contributed by atoms with E-state index < -0.39 is 0 Å². The molecule has 0 amide bonds. The molecule has 14 heavy (non-hydrogen) atoms. The molecule has 2 nitrogen and oxygen atoms in total. The van der Waals surface area contributed by atoms with Gasteiger partial charge in [0.2, 0.25) is 0 Å². The summed E-state index contributed by atoms with van der Waals surface area (Å²) in [7, 11) is 0. The lowest BCUT2D eigenvalue weighted by Gasteiger charge is -2.23. The zero-order valence-electron chi connectivity index (χ0n) is 8.32. The van der Waals surface area contributed by atoms with Gasteiger partial charge in [0.1, 0.15) is 0 Å². The maximum absolute atomic E-state index is 6.22. The van der Waals surface area contributed by atoms with E-state index in [1.165, 1.54) is 5.56 Å². The Morgan fingerprint density at radius 2 is 2.14 bits per heavy atom. The van der Waals surface area contributed by atoms with E-state index in [2.05, 4.69) is 23.2 Å². The van der Waals surface area contributed by atoms with Gasteiger partial charge in [0.25, 0.3) is 0 Å². The number of nitrogens with two attached hydrogens (primary N) is 1. The van der Waals surface area contributed by atoms with Gasteiger partial charge >= 0.3 is 0 Å². The summed E-state index contributed by atoms with van der Waals surface area (Å²) < 4.78 is 0. The molecule has 0 atom stereocenters. The van der Waals surface area contributed by atoms with Gasteiger partial charge in [-0.3, -0.25) is 4.98 Å². The lowest BCUT2D eigenvalue weighted by molar-refractivity contribution is 0.420. The predicted octanol–water partition coefficient (Wildman–Crippen LogP) is 2.06. The number of aryl methyl sites for hydroxylation is 1. The lowest BCUT2D eigenvalue weighted by Crippen LogP contribution is -2.37. The minimum absolute atomic E-state index is 0.00976. The highest BCUT2D eigenvalue weighted by Crippen LogP contribution is 2.25. The molecule has 1 heterocycles. The van der Waals surface area contributed by atoms with Gasteiger partial charge < -0.3 is 5.73 Å². The summed E-state index contributed by atoms with van der Waals surface area (Å²) in [6.45, 7) is 0. The lowest BCUT2D eigenvalue weighted by atomic mass is 9.90. The Hall–Kier alpha value is -1.15. The fourth-order valence-electron chi connectivity index (χ4n) is 1.86. The number of hydrogen-bond donors (Lipinski definition) is 1. The van der Waals surface area contributed by atoms with Gasteiger partial charge in [0, 0.05) is 17.9 Å². The Kier molecular flexibility index (Phi) is 2.64. The van der Waals surface area contributed by atoms with Crippen molar-refractivity contribution in [2.45, 2.75) is 31.2 Å². The predicted molar refractivity (Wildman–Crippen MR) is 57.9 cm³/mol. The molecule has 0 aromatic carbocycles. The normalized spacial score (nSPS) is 18.6. The van der Waals surface area contributed by atoms with E-state index in [-0.39, 0.29) is 5.54 Å². The molecular formula is C12H16N2. The Morgan fingerprint density at radius 3 is 2.79 bits per heavy atom. The molecular weight excluding hydrogens is 172 g/mol. The van der Waals surface area contributed by atoms with Gasteiger partial charge in [0.15, 0.2) is 0 Å². The second-order valence-corrected chi connectivity index (χ2v) is 4.10. The molecule has 0 bridgehead atoms. The molecule has 74 valence electrons. The van der Waals surface area contributed by atoms with Crippen LogP contribution in [0.5, 0.6) is 0 Å². The van der Waals surface area contributed by atoms with Crippen molar-refractivity contribution in [1.29, 1.82) is 0 Å². The zero-order chi connectivity index (χ0) is 9.86. The molecule has 2 heteroatoms. The second kappa shape index (κ2) is 3.93. The molecule has 1 aromatic heterocycles. The zero-order valence-corrected chi connectivity index (χ0v) is 8.32. The first-order chi connectivity index (χ1) is 6.79. The van der Waals surface area contributed by atoms with E-state index in [0.29, 0.717) is 0 Å². The summed E-state index contributed by atoms with van der Waals surface area (Å²) in [5.74, 6) is 0. The maximum atomic E-state index is 6.22. The quantitative estimate of drug-likeness (QED) is 0.737. The molecule has 0 fully saturated rings. The third-order valence-corrected chi connectivity index (χ3v) is 2.85. The highest BCUT2D eigenvalue weighted by molar-refractivity contribution is 5.12. The Morgan fingerprint density at radius 1 is 1.36 bits per heavy atom. The standard InChI is InChI=1S/C12H16N2/c13-12(6-1-2-7-12)8-5-11-4-3-9-14-10-11/h1-4,9-10H,5-8,13H2. The van der Waals surface area contributed by atoms with Crippen LogP contribution in [0, 0.1) is 0 Å². The van der Waals surface area contributed by atoms with Crippen LogP contribution in [0.15, 0.2) is 36.7 Å². The Labute approximate surface area is 84.9 Å². The number of hydrogen-bond acceptors (Lipinski definition) is 2. The Bertz CT molecular complexity index is 308. The molecule has 0 radical (unpaired) electrons. The van der Waals surface area contributed by atoms with E-state index in [1.54, 1.807) is 6.20 Å². The maximum Gasteiger partial charge on any atom is 0.0299 e. The van der Waals surface area contributed by atoms with Crippen LogP contribution in [-0.2, 0) is 6.42 Å². The number of pyridine rings is 1. The number of nitrogens with zero attached hydrogens (tertiary/aromatic N) is 1. The van der Waals surface area contributed by atoms with E-state index in [1.807, 2.05) is 12.3 Å². The fraction of sp³-hybridized carbons (Fsp3) is 0.417. The van der Waals surface area contributed by atoms with E-state index >= 15 is 0 Å². The summed E-state index contributed by atoms with van der Waals surface area (Å²) in [6.07, 6.45) is 12.2. The minimum Gasteiger partial charge on any atom is -0.325 e. The van der Waals surface area contributed by atoms with E-state index in [0.717, 1.165) is 25.7 Å². The SMILES string of the molecule is NC1(CCc2cccnc2)CC=CC1. The molecule has 0 aliphatic heterocycles. The van der Waals surface area contributed by atoms with E-state index in [9.17, 15) is 0 Å². The summed E-state index contributed by atoms with van der Waals surface area (Å²) in [5, 5.41) is 0. The summed E-state index contributed by atoms with van der Waals surface area (Å²) >= 11 is 0. The first kappa shape index (κ1) is 9.41. The van der Waals surface area contributed by atoms with Gasteiger partial charge in [-0.2, -0.15) is 0 Å². The highest BCUT2D eigenvalue weighted by atomic mass is 14.7.